The third-order valence-electron chi connectivity index (χ3n) is 4.25. The summed E-state index contributed by atoms with van der Waals surface area (Å²) in [6, 6.07) is 16.1. The van der Waals surface area contributed by atoms with Gasteiger partial charge in [0, 0.05) is 22.2 Å². The van der Waals surface area contributed by atoms with Crippen LogP contribution in [0.5, 0.6) is 0 Å². The number of hydrogen-bond donors (Lipinski definition) is 1. The largest absolute Gasteiger partial charge is 0.457 e. The van der Waals surface area contributed by atoms with E-state index in [1.165, 1.54) is 23.2 Å². The number of carbonyl (C=O) groups excluding carboxylic acids is 2. The van der Waals surface area contributed by atoms with Gasteiger partial charge in [0.2, 0.25) is 0 Å². The number of nitro groups is 1. The van der Waals surface area contributed by atoms with Crippen molar-refractivity contribution in [2.24, 2.45) is 0 Å². The maximum atomic E-state index is 12.6. The third-order valence-corrected chi connectivity index (χ3v) is 4.78. The van der Waals surface area contributed by atoms with Crippen LogP contribution in [0, 0.1) is 10.1 Å². The second-order valence-electron chi connectivity index (χ2n) is 6.12. The van der Waals surface area contributed by atoms with Gasteiger partial charge < -0.3 is 4.42 Å². The van der Waals surface area contributed by atoms with Gasteiger partial charge in [-0.1, -0.05) is 15.9 Å². The topological polar surface area (TPSA) is 106 Å². The van der Waals surface area contributed by atoms with Crippen LogP contribution in [0.25, 0.3) is 17.4 Å². The quantitative estimate of drug-likeness (QED) is 0.277. The molecule has 4 rings (SSSR count). The average molecular weight is 454 g/mol. The number of nitrogens with zero attached hydrogens (tertiary/aromatic N) is 2. The van der Waals surface area contributed by atoms with Gasteiger partial charge >= 0.3 is 0 Å². The van der Waals surface area contributed by atoms with E-state index in [4.69, 9.17) is 4.42 Å². The summed E-state index contributed by atoms with van der Waals surface area (Å²) >= 11 is 3.32. The Morgan fingerprint density at radius 1 is 1.00 bits per heavy atom. The number of nitro benzene ring substituents is 1. The molecule has 144 valence electrons. The summed E-state index contributed by atoms with van der Waals surface area (Å²) in [5, 5.41) is 11.9. The molecule has 3 aromatic rings. The predicted octanol–water partition coefficient (Wildman–Crippen LogP) is 4.08. The Morgan fingerprint density at radius 3 is 2.34 bits per heavy atom. The molecule has 2 heterocycles. The molecule has 29 heavy (non-hydrogen) atoms. The number of amides is 2. The van der Waals surface area contributed by atoms with Crippen molar-refractivity contribution in [3.63, 3.8) is 0 Å². The Hall–Kier alpha value is -3.72. The van der Waals surface area contributed by atoms with Crippen molar-refractivity contribution < 1.29 is 18.9 Å². The molecule has 1 aliphatic heterocycles. The number of rotatable bonds is 4. The van der Waals surface area contributed by atoms with Gasteiger partial charge in [0.1, 0.15) is 17.1 Å². The molecule has 1 aliphatic rings. The molecule has 0 unspecified atom stereocenters. The van der Waals surface area contributed by atoms with Crippen molar-refractivity contribution in [2.45, 2.75) is 0 Å². The number of anilines is 1. The van der Waals surface area contributed by atoms with E-state index in [1.54, 1.807) is 48.5 Å². The van der Waals surface area contributed by atoms with Crippen molar-refractivity contribution in [1.82, 2.24) is 5.43 Å². The highest BCUT2D eigenvalue weighted by Crippen LogP contribution is 2.27. The van der Waals surface area contributed by atoms with E-state index in [-0.39, 0.29) is 11.3 Å². The van der Waals surface area contributed by atoms with Gasteiger partial charge in [-0.15, -0.1) is 0 Å². The lowest BCUT2D eigenvalue weighted by Crippen LogP contribution is -2.35. The Labute approximate surface area is 172 Å². The summed E-state index contributed by atoms with van der Waals surface area (Å²) in [7, 11) is 0. The Balaban J connectivity index is 1.58. The second-order valence-corrected chi connectivity index (χ2v) is 7.04. The minimum absolute atomic E-state index is 0.0242. The van der Waals surface area contributed by atoms with Crippen molar-refractivity contribution in [3.8, 4) is 11.3 Å². The molecule has 1 saturated heterocycles. The lowest BCUT2D eigenvalue weighted by molar-refractivity contribution is -0.384. The first kappa shape index (κ1) is 18.6. The van der Waals surface area contributed by atoms with E-state index in [2.05, 4.69) is 21.4 Å². The van der Waals surface area contributed by atoms with Crippen LogP contribution >= 0.6 is 15.9 Å². The Bertz CT molecular complexity index is 1150. The first-order chi connectivity index (χ1) is 13.9. The summed E-state index contributed by atoms with van der Waals surface area (Å²) < 4.78 is 6.53. The summed E-state index contributed by atoms with van der Waals surface area (Å²) in [5.41, 5.74) is 3.61. The lowest BCUT2D eigenvalue weighted by Gasteiger charge is -2.14. The fraction of sp³-hybridized carbons (Fsp3) is 0. The normalized spacial score (nSPS) is 15.1. The minimum atomic E-state index is -0.536. The van der Waals surface area contributed by atoms with Crippen molar-refractivity contribution >= 4 is 45.2 Å². The first-order valence-corrected chi connectivity index (χ1v) is 9.19. The lowest BCUT2D eigenvalue weighted by atomic mass is 10.1. The zero-order chi connectivity index (χ0) is 20.5. The van der Waals surface area contributed by atoms with Gasteiger partial charge in [0.15, 0.2) is 0 Å². The van der Waals surface area contributed by atoms with E-state index in [1.807, 2.05) is 0 Å². The molecule has 0 aliphatic carbocycles. The zero-order valence-corrected chi connectivity index (χ0v) is 16.3. The smallest absolute Gasteiger partial charge is 0.282 e. The van der Waals surface area contributed by atoms with Crippen LogP contribution in [-0.2, 0) is 9.59 Å². The van der Waals surface area contributed by atoms with E-state index in [9.17, 15) is 19.7 Å². The highest BCUT2D eigenvalue weighted by atomic mass is 79.9. The molecule has 2 aromatic carbocycles. The highest BCUT2D eigenvalue weighted by Gasteiger charge is 2.34. The van der Waals surface area contributed by atoms with Gasteiger partial charge in [-0.25, -0.2) is 5.01 Å². The predicted molar refractivity (Wildman–Crippen MR) is 109 cm³/mol. The second kappa shape index (κ2) is 7.36. The van der Waals surface area contributed by atoms with E-state index >= 15 is 0 Å². The fourth-order valence-corrected chi connectivity index (χ4v) is 3.07. The van der Waals surface area contributed by atoms with Crippen molar-refractivity contribution in [2.75, 3.05) is 5.01 Å². The third kappa shape index (κ3) is 3.67. The van der Waals surface area contributed by atoms with E-state index in [0.29, 0.717) is 22.8 Å². The SMILES string of the molecule is O=C1NN(c2ccc(Br)cc2)C(=O)C1=Cc1ccc(-c2ccc([N+](=O)[O-])cc2)o1. The standard InChI is InChI=1S/C20H12BrN3O5/c21-13-3-7-14(8-4-13)23-20(26)17(19(25)22-23)11-16-9-10-18(29-16)12-1-5-15(6-2-12)24(27)28/h1-11H,(H,22,25). The maximum absolute atomic E-state index is 12.6. The van der Waals surface area contributed by atoms with E-state index in [0.717, 1.165) is 4.47 Å². The zero-order valence-electron chi connectivity index (χ0n) is 14.7. The Kier molecular flexibility index (Phi) is 4.73. The van der Waals surface area contributed by atoms with Crippen LogP contribution in [0.4, 0.5) is 11.4 Å². The molecule has 0 spiro atoms. The molecule has 8 nitrogen and oxygen atoms in total. The molecule has 0 atom stereocenters. The van der Waals surface area contributed by atoms with Crippen molar-refractivity contribution in [1.29, 1.82) is 0 Å². The molecule has 9 heteroatoms. The number of halogens is 1. The van der Waals surface area contributed by atoms with Crippen LogP contribution < -0.4 is 10.4 Å². The van der Waals surface area contributed by atoms with Crippen LogP contribution in [0.15, 0.2) is 75.1 Å². The molecule has 1 fully saturated rings. The van der Waals surface area contributed by atoms with Gasteiger partial charge in [0.05, 0.1) is 10.6 Å². The molecule has 0 saturated carbocycles. The maximum Gasteiger partial charge on any atom is 0.282 e. The summed E-state index contributed by atoms with van der Waals surface area (Å²) in [5.74, 6) is -0.256. The number of nitrogens with one attached hydrogen (secondary N) is 1. The number of non-ortho nitro benzene ring substituents is 1. The molecular formula is C20H12BrN3O5. The average Bonchev–Trinajstić information content (AvgIpc) is 3.29. The van der Waals surface area contributed by atoms with Crippen molar-refractivity contribution in [3.05, 3.63) is 86.6 Å². The molecule has 1 N–H and O–H groups in total. The fourth-order valence-electron chi connectivity index (χ4n) is 2.80. The van der Waals surface area contributed by atoms with Gasteiger partial charge in [-0.3, -0.25) is 25.1 Å². The number of furan rings is 1. The molecule has 1 aromatic heterocycles. The molecule has 0 bridgehead atoms. The first-order valence-electron chi connectivity index (χ1n) is 8.40. The monoisotopic (exact) mass is 453 g/mol. The van der Waals surface area contributed by atoms with Crippen LogP contribution in [0.3, 0.4) is 0 Å². The van der Waals surface area contributed by atoms with Crippen LogP contribution in [-0.4, -0.2) is 16.7 Å². The number of hydrazine groups is 1. The van der Waals surface area contributed by atoms with E-state index < -0.39 is 16.7 Å². The van der Waals surface area contributed by atoms with Gasteiger partial charge in [-0.05, 0) is 54.6 Å². The number of hydrogen-bond acceptors (Lipinski definition) is 5. The summed E-state index contributed by atoms with van der Waals surface area (Å²) in [6.45, 7) is 0. The highest BCUT2D eigenvalue weighted by molar-refractivity contribution is 9.10. The van der Waals surface area contributed by atoms with Crippen LogP contribution in [0.2, 0.25) is 0 Å². The van der Waals surface area contributed by atoms with Gasteiger partial charge in [-0.2, -0.15) is 0 Å². The molecule has 2 amide bonds. The summed E-state index contributed by atoms with van der Waals surface area (Å²) in [6.07, 6.45) is 1.37. The Morgan fingerprint density at radius 2 is 1.69 bits per heavy atom. The molecular weight excluding hydrogens is 442 g/mol. The minimum Gasteiger partial charge on any atom is -0.457 e. The number of carbonyl (C=O) groups is 2. The summed E-state index contributed by atoms with van der Waals surface area (Å²) in [4.78, 5) is 35.2. The van der Waals surface area contributed by atoms with Gasteiger partial charge in [0.25, 0.3) is 17.5 Å². The molecule has 0 radical (unpaired) electrons. The van der Waals surface area contributed by atoms with Crippen LogP contribution in [0.1, 0.15) is 5.76 Å². The number of benzene rings is 2.